The Hall–Kier alpha value is -1.89. The average Bonchev–Trinajstić information content (AvgIpc) is 2.50. The summed E-state index contributed by atoms with van der Waals surface area (Å²) >= 11 is 11.9. The number of methoxy groups -OCH3 is 1. The zero-order valence-electron chi connectivity index (χ0n) is 12.5. The predicted molar refractivity (Wildman–Crippen MR) is 90.6 cm³/mol. The average molecular weight is 355 g/mol. The fourth-order valence-corrected chi connectivity index (χ4v) is 2.34. The number of nitrogens with zero attached hydrogens (tertiary/aromatic N) is 2. The van der Waals surface area contributed by atoms with Gasteiger partial charge in [-0.2, -0.15) is 0 Å². The number of halogens is 2. The summed E-state index contributed by atoms with van der Waals surface area (Å²) < 4.78 is 4.93. The Morgan fingerprint density at radius 3 is 2.70 bits per heavy atom. The number of anilines is 2. The number of carbonyl (C=O) groups is 1. The second-order valence-electron chi connectivity index (χ2n) is 4.65. The standard InChI is InChI=1S/C15H16Cl2N4O2/c1-23-6-2-4-18-14(22)13-3-5-19-15(21-13)20-12-8-10(16)7-11(17)9-12/h3,5,7-9H,2,4,6H2,1H3,(H,18,22)(H,19,20,21). The van der Waals surface area contributed by atoms with E-state index in [-0.39, 0.29) is 17.5 Å². The zero-order chi connectivity index (χ0) is 16.7. The van der Waals surface area contributed by atoms with E-state index < -0.39 is 0 Å². The van der Waals surface area contributed by atoms with E-state index in [4.69, 9.17) is 27.9 Å². The molecule has 8 heteroatoms. The third-order valence-corrected chi connectivity index (χ3v) is 3.25. The van der Waals surface area contributed by atoms with E-state index in [0.717, 1.165) is 6.42 Å². The van der Waals surface area contributed by atoms with Crippen molar-refractivity contribution in [2.45, 2.75) is 6.42 Å². The molecule has 0 atom stereocenters. The molecule has 0 aliphatic heterocycles. The van der Waals surface area contributed by atoms with Crippen LogP contribution in [0.2, 0.25) is 10.0 Å². The molecule has 0 aliphatic rings. The maximum absolute atomic E-state index is 12.0. The first kappa shape index (κ1) is 17.5. The summed E-state index contributed by atoms with van der Waals surface area (Å²) in [5.41, 5.74) is 0.910. The van der Waals surface area contributed by atoms with Gasteiger partial charge in [0.05, 0.1) is 0 Å². The lowest BCUT2D eigenvalue weighted by Crippen LogP contribution is -2.26. The highest BCUT2D eigenvalue weighted by Crippen LogP contribution is 2.24. The number of aromatic nitrogens is 2. The van der Waals surface area contributed by atoms with Gasteiger partial charge in [0.1, 0.15) is 5.69 Å². The van der Waals surface area contributed by atoms with E-state index >= 15 is 0 Å². The van der Waals surface area contributed by atoms with Gasteiger partial charge in [-0.1, -0.05) is 23.2 Å². The molecule has 1 heterocycles. The van der Waals surface area contributed by atoms with Crippen LogP contribution in [0.3, 0.4) is 0 Å². The number of benzene rings is 1. The van der Waals surface area contributed by atoms with E-state index in [1.54, 1.807) is 31.4 Å². The number of rotatable bonds is 7. The van der Waals surface area contributed by atoms with Gasteiger partial charge < -0.3 is 15.4 Å². The molecule has 1 aromatic heterocycles. The van der Waals surface area contributed by atoms with Crippen molar-refractivity contribution in [2.75, 3.05) is 25.6 Å². The van der Waals surface area contributed by atoms with E-state index in [2.05, 4.69) is 20.6 Å². The quantitative estimate of drug-likeness (QED) is 0.746. The molecule has 2 rings (SSSR count). The molecule has 1 aromatic carbocycles. The lowest BCUT2D eigenvalue weighted by molar-refractivity contribution is 0.0943. The van der Waals surface area contributed by atoms with Gasteiger partial charge in [-0.3, -0.25) is 4.79 Å². The molecule has 0 saturated carbocycles. The predicted octanol–water partition coefficient (Wildman–Crippen LogP) is 3.29. The van der Waals surface area contributed by atoms with Crippen LogP contribution < -0.4 is 10.6 Å². The van der Waals surface area contributed by atoms with E-state index in [1.165, 1.54) is 6.20 Å². The van der Waals surface area contributed by atoms with Crippen LogP contribution in [0.5, 0.6) is 0 Å². The Morgan fingerprint density at radius 1 is 1.26 bits per heavy atom. The topological polar surface area (TPSA) is 76.1 Å². The Morgan fingerprint density at radius 2 is 2.00 bits per heavy atom. The van der Waals surface area contributed by atoms with Crippen LogP contribution in [0.1, 0.15) is 16.9 Å². The van der Waals surface area contributed by atoms with Crippen LogP contribution in [-0.2, 0) is 4.74 Å². The van der Waals surface area contributed by atoms with E-state index in [1.807, 2.05) is 0 Å². The first-order valence-corrected chi connectivity index (χ1v) is 7.67. The molecule has 0 spiro atoms. The van der Waals surface area contributed by atoms with Gasteiger partial charge in [0.25, 0.3) is 5.91 Å². The van der Waals surface area contributed by atoms with Crippen LogP contribution in [0.25, 0.3) is 0 Å². The van der Waals surface area contributed by atoms with Crippen molar-refractivity contribution < 1.29 is 9.53 Å². The maximum Gasteiger partial charge on any atom is 0.270 e. The van der Waals surface area contributed by atoms with Crippen LogP contribution in [0.4, 0.5) is 11.6 Å². The summed E-state index contributed by atoms with van der Waals surface area (Å²) in [6.45, 7) is 1.11. The van der Waals surface area contributed by atoms with Crippen molar-refractivity contribution in [3.8, 4) is 0 Å². The number of hydrogen-bond acceptors (Lipinski definition) is 5. The lowest BCUT2D eigenvalue weighted by Gasteiger charge is -2.08. The van der Waals surface area contributed by atoms with Gasteiger partial charge in [-0.05, 0) is 30.7 Å². The summed E-state index contributed by atoms with van der Waals surface area (Å²) in [5, 5.41) is 6.72. The summed E-state index contributed by atoms with van der Waals surface area (Å²) in [6, 6.07) is 6.55. The molecule has 0 unspecified atom stereocenters. The second kappa shape index (κ2) is 8.67. The van der Waals surface area contributed by atoms with Crippen molar-refractivity contribution in [1.29, 1.82) is 0 Å². The molecule has 0 bridgehead atoms. The summed E-state index contributed by atoms with van der Waals surface area (Å²) in [7, 11) is 1.62. The van der Waals surface area contributed by atoms with E-state index in [9.17, 15) is 4.79 Å². The van der Waals surface area contributed by atoms with Crippen LogP contribution in [0.15, 0.2) is 30.5 Å². The normalized spacial score (nSPS) is 10.4. The zero-order valence-corrected chi connectivity index (χ0v) is 14.0. The number of ether oxygens (including phenoxy) is 1. The third-order valence-electron chi connectivity index (χ3n) is 2.82. The smallest absolute Gasteiger partial charge is 0.270 e. The lowest BCUT2D eigenvalue weighted by atomic mass is 10.3. The first-order valence-electron chi connectivity index (χ1n) is 6.92. The van der Waals surface area contributed by atoms with Crippen LogP contribution in [-0.4, -0.2) is 36.1 Å². The van der Waals surface area contributed by atoms with Crippen LogP contribution in [0, 0.1) is 0 Å². The summed E-state index contributed by atoms with van der Waals surface area (Å²) in [6.07, 6.45) is 2.24. The van der Waals surface area contributed by atoms with Crippen molar-refractivity contribution >= 4 is 40.7 Å². The molecule has 1 amide bonds. The summed E-state index contributed by atoms with van der Waals surface area (Å²) in [5.74, 6) is 0.0172. The first-order chi connectivity index (χ1) is 11.1. The van der Waals surface area contributed by atoms with Crippen molar-refractivity contribution in [3.05, 3.63) is 46.2 Å². The largest absolute Gasteiger partial charge is 0.385 e. The van der Waals surface area contributed by atoms with Gasteiger partial charge in [0.2, 0.25) is 5.95 Å². The molecule has 0 fully saturated rings. The molecule has 6 nitrogen and oxygen atoms in total. The molecular formula is C15H16Cl2N4O2. The molecule has 23 heavy (non-hydrogen) atoms. The van der Waals surface area contributed by atoms with Crippen molar-refractivity contribution in [2.24, 2.45) is 0 Å². The molecule has 0 saturated heterocycles. The monoisotopic (exact) mass is 354 g/mol. The van der Waals surface area contributed by atoms with Crippen molar-refractivity contribution in [1.82, 2.24) is 15.3 Å². The fraction of sp³-hybridized carbons (Fsp3) is 0.267. The molecule has 0 radical (unpaired) electrons. The fourth-order valence-electron chi connectivity index (χ4n) is 1.81. The maximum atomic E-state index is 12.0. The number of nitrogens with one attached hydrogen (secondary N) is 2. The molecule has 2 N–H and O–H groups in total. The van der Waals surface area contributed by atoms with Crippen LogP contribution >= 0.6 is 23.2 Å². The van der Waals surface area contributed by atoms with Gasteiger partial charge in [0, 0.05) is 42.2 Å². The minimum atomic E-state index is -0.268. The van der Waals surface area contributed by atoms with E-state index in [0.29, 0.717) is 28.9 Å². The Bertz CT molecular complexity index is 662. The number of amides is 1. The van der Waals surface area contributed by atoms with Crippen molar-refractivity contribution in [3.63, 3.8) is 0 Å². The Labute approximate surface area is 144 Å². The highest BCUT2D eigenvalue weighted by Gasteiger charge is 2.09. The minimum Gasteiger partial charge on any atom is -0.385 e. The second-order valence-corrected chi connectivity index (χ2v) is 5.52. The molecule has 122 valence electrons. The van der Waals surface area contributed by atoms with Gasteiger partial charge in [-0.15, -0.1) is 0 Å². The number of carbonyl (C=O) groups excluding carboxylic acids is 1. The minimum absolute atomic E-state index is 0.268. The molecule has 2 aromatic rings. The van der Waals surface area contributed by atoms with Gasteiger partial charge >= 0.3 is 0 Å². The molecular weight excluding hydrogens is 339 g/mol. The van der Waals surface area contributed by atoms with Gasteiger partial charge in [0.15, 0.2) is 0 Å². The highest BCUT2D eigenvalue weighted by atomic mass is 35.5. The Balaban J connectivity index is 2.03. The van der Waals surface area contributed by atoms with Gasteiger partial charge in [-0.25, -0.2) is 9.97 Å². The highest BCUT2D eigenvalue weighted by molar-refractivity contribution is 6.35. The molecule has 0 aliphatic carbocycles. The number of hydrogen-bond donors (Lipinski definition) is 2. The summed E-state index contributed by atoms with van der Waals surface area (Å²) in [4.78, 5) is 20.3. The third kappa shape index (κ3) is 5.67. The Kier molecular flexibility index (Phi) is 6.58. The SMILES string of the molecule is COCCCNC(=O)c1ccnc(Nc2cc(Cl)cc(Cl)c2)n1.